The van der Waals surface area contributed by atoms with Crippen LogP contribution in [-0.2, 0) is 16.2 Å². The molecule has 2 rings (SSSR count). The Morgan fingerprint density at radius 2 is 1.59 bits per heavy atom. The molecule has 0 aliphatic heterocycles. The summed E-state index contributed by atoms with van der Waals surface area (Å²) in [5, 5.41) is 0. The van der Waals surface area contributed by atoms with Crippen molar-refractivity contribution < 1.29 is 26.3 Å². The lowest BCUT2D eigenvalue weighted by Crippen LogP contribution is -2.17. The van der Waals surface area contributed by atoms with Crippen molar-refractivity contribution >= 4 is 15.7 Å². The van der Waals surface area contributed by atoms with Crippen molar-refractivity contribution in [2.24, 2.45) is 0 Å². The van der Waals surface area contributed by atoms with Gasteiger partial charge in [-0.25, -0.2) is 8.42 Å². The van der Waals surface area contributed by atoms with Crippen LogP contribution in [0.3, 0.4) is 0 Å². The first-order valence-corrected chi connectivity index (χ1v) is 7.56. The SMILES string of the molecule is COc1ccccc1S(=O)(=O)Nc1ccccc1C(F)(F)F. The van der Waals surface area contributed by atoms with E-state index in [2.05, 4.69) is 0 Å². The van der Waals surface area contributed by atoms with Crippen molar-refractivity contribution in [3.63, 3.8) is 0 Å². The van der Waals surface area contributed by atoms with Gasteiger partial charge in [0.2, 0.25) is 0 Å². The Bertz CT molecular complexity index is 773. The largest absolute Gasteiger partial charge is 0.495 e. The van der Waals surface area contributed by atoms with Crippen LogP contribution in [0.15, 0.2) is 53.4 Å². The minimum atomic E-state index is -4.67. The lowest BCUT2D eigenvalue weighted by Gasteiger charge is -2.15. The van der Waals surface area contributed by atoms with Crippen LogP contribution in [0.25, 0.3) is 0 Å². The third-order valence-electron chi connectivity index (χ3n) is 2.84. The first kappa shape index (κ1) is 16.2. The molecule has 0 amide bonds. The van der Waals surface area contributed by atoms with Gasteiger partial charge in [0.25, 0.3) is 10.0 Å². The van der Waals surface area contributed by atoms with Gasteiger partial charge >= 0.3 is 6.18 Å². The van der Waals surface area contributed by atoms with Crippen molar-refractivity contribution in [3.8, 4) is 5.75 Å². The Morgan fingerprint density at radius 3 is 2.23 bits per heavy atom. The van der Waals surface area contributed by atoms with Crippen LogP contribution in [0, 0.1) is 0 Å². The molecule has 0 aliphatic rings. The molecule has 118 valence electrons. The number of benzene rings is 2. The smallest absolute Gasteiger partial charge is 0.418 e. The molecule has 0 fully saturated rings. The molecule has 0 unspecified atom stereocenters. The topological polar surface area (TPSA) is 55.4 Å². The molecule has 0 atom stereocenters. The lowest BCUT2D eigenvalue weighted by atomic mass is 10.2. The van der Waals surface area contributed by atoms with Gasteiger partial charge in [0.05, 0.1) is 18.4 Å². The molecule has 1 N–H and O–H groups in total. The summed E-state index contributed by atoms with van der Waals surface area (Å²) in [6.07, 6.45) is -4.67. The van der Waals surface area contributed by atoms with Gasteiger partial charge in [-0.2, -0.15) is 13.2 Å². The van der Waals surface area contributed by atoms with E-state index in [0.29, 0.717) is 0 Å². The van der Waals surface area contributed by atoms with Crippen molar-refractivity contribution in [3.05, 3.63) is 54.1 Å². The lowest BCUT2D eigenvalue weighted by molar-refractivity contribution is -0.136. The molecule has 0 saturated heterocycles. The van der Waals surface area contributed by atoms with E-state index in [1.807, 2.05) is 4.72 Å². The van der Waals surface area contributed by atoms with E-state index in [4.69, 9.17) is 4.74 Å². The minimum Gasteiger partial charge on any atom is -0.495 e. The van der Waals surface area contributed by atoms with Gasteiger partial charge in [0, 0.05) is 0 Å². The molecule has 0 aliphatic carbocycles. The van der Waals surface area contributed by atoms with E-state index in [-0.39, 0.29) is 10.6 Å². The van der Waals surface area contributed by atoms with Gasteiger partial charge in [-0.05, 0) is 24.3 Å². The summed E-state index contributed by atoms with van der Waals surface area (Å²) >= 11 is 0. The molecule has 0 radical (unpaired) electrons. The molecule has 0 saturated carbocycles. The van der Waals surface area contributed by atoms with Crippen LogP contribution >= 0.6 is 0 Å². The van der Waals surface area contributed by atoms with Crippen LogP contribution in [0.4, 0.5) is 18.9 Å². The summed E-state index contributed by atoms with van der Waals surface area (Å²) in [6, 6.07) is 10.0. The Hall–Kier alpha value is -2.22. The van der Waals surface area contributed by atoms with Crippen molar-refractivity contribution in [1.29, 1.82) is 0 Å². The fraction of sp³-hybridized carbons (Fsp3) is 0.143. The van der Waals surface area contributed by atoms with E-state index in [1.54, 1.807) is 6.07 Å². The fourth-order valence-corrected chi connectivity index (χ4v) is 3.11. The zero-order valence-corrected chi connectivity index (χ0v) is 12.2. The highest BCUT2D eigenvalue weighted by Crippen LogP contribution is 2.36. The average Bonchev–Trinajstić information content (AvgIpc) is 2.46. The number of anilines is 1. The van der Waals surface area contributed by atoms with E-state index in [0.717, 1.165) is 12.1 Å². The van der Waals surface area contributed by atoms with E-state index < -0.39 is 27.5 Å². The highest BCUT2D eigenvalue weighted by molar-refractivity contribution is 7.92. The Kier molecular flexibility index (Phi) is 4.32. The average molecular weight is 331 g/mol. The van der Waals surface area contributed by atoms with Gasteiger partial charge in [-0.1, -0.05) is 24.3 Å². The predicted molar refractivity (Wildman–Crippen MR) is 75.2 cm³/mol. The number of sulfonamides is 1. The number of hydrogen-bond donors (Lipinski definition) is 1. The quantitative estimate of drug-likeness (QED) is 0.933. The zero-order valence-electron chi connectivity index (χ0n) is 11.4. The molecular formula is C14H12F3NO3S. The highest BCUT2D eigenvalue weighted by Gasteiger charge is 2.34. The number of halogens is 3. The molecule has 0 bridgehead atoms. The zero-order chi connectivity index (χ0) is 16.4. The molecule has 22 heavy (non-hydrogen) atoms. The number of nitrogens with one attached hydrogen (secondary N) is 1. The number of para-hydroxylation sites is 2. The summed E-state index contributed by atoms with van der Waals surface area (Å²) in [7, 11) is -2.94. The molecule has 0 aromatic heterocycles. The first-order valence-electron chi connectivity index (χ1n) is 6.08. The maximum Gasteiger partial charge on any atom is 0.418 e. The summed E-state index contributed by atoms with van der Waals surface area (Å²) < 4.78 is 70.2. The fourth-order valence-electron chi connectivity index (χ4n) is 1.86. The molecule has 8 heteroatoms. The van der Waals surface area contributed by atoms with Crippen LogP contribution in [-0.4, -0.2) is 15.5 Å². The van der Waals surface area contributed by atoms with Gasteiger partial charge in [-0.3, -0.25) is 4.72 Å². The number of ether oxygens (including phenoxy) is 1. The van der Waals surface area contributed by atoms with E-state index in [9.17, 15) is 21.6 Å². The Labute approximate surface area is 125 Å². The minimum absolute atomic E-state index is 0.0412. The van der Waals surface area contributed by atoms with Gasteiger partial charge in [0.1, 0.15) is 10.6 Å². The van der Waals surface area contributed by atoms with Crippen LogP contribution in [0.5, 0.6) is 5.75 Å². The molecular weight excluding hydrogens is 319 g/mol. The third-order valence-corrected chi connectivity index (χ3v) is 4.24. The van der Waals surface area contributed by atoms with Gasteiger partial charge < -0.3 is 4.74 Å². The van der Waals surface area contributed by atoms with Crippen LogP contribution < -0.4 is 9.46 Å². The molecule has 2 aromatic rings. The van der Waals surface area contributed by atoms with Crippen molar-refractivity contribution in [1.82, 2.24) is 0 Å². The summed E-state index contributed by atoms with van der Waals surface area (Å²) in [4.78, 5) is -0.241. The molecule has 4 nitrogen and oxygen atoms in total. The Morgan fingerprint density at radius 1 is 1.00 bits per heavy atom. The van der Waals surface area contributed by atoms with Gasteiger partial charge in [-0.15, -0.1) is 0 Å². The van der Waals surface area contributed by atoms with Crippen LogP contribution in [0.2, 0.25) is 0 Å². The second-order valence-corrected chi connectivity index (χ2v) is 5.95. The monoisotopic (exact) mass is 331 g/mol. The van der Waals surface area contributed by atoms with E-state index in [1.165, 1.54) is 37.4 Å². The number of alkyl halides is 3. The third kappa shape index (κ3) is 3.33. The second-order valence-electron chi connectivity index (χ2n) is 4.30. The summed E-state index contributed by atoms with van der Waals surface area (Å²) in [5.74, 6) is 0.0412. The van der Waals surface area contributed by atoms with E-state index >= 15 is 0 Å². The number of hydrogen-bond acceptors (Lipinski definition) is 3. The number of rotatable bonds is 4. The highest BCUT2D eigenvalue weighted by atomic mass is 32.2. The van der Waals surface area contributed by atoms with Crippen molar-refractivity contribution in [2.45, 2.75) is 11.1 Å². The normalized spacial score (nSPS) is 12.0. The predicted octanol–water partition coefficient (Wildman–Crippen LogP) is 3.51. The second kappa shape index (κ2) is 5.88. The first-order chi connectivity index (χ1) is 10.3. The summed E-state index contributed by atoms with van der Waals surface area (Å²) in [5.41, 5.74) is -1.60. The molecule has 0 heterocycles. The van der Waals surface area contributed by atoms with Gasteiger partial charge in [0.15, 0.2) is 0 Å². The summed E-state index contributed by atoms with van der Waals surface area (Å²) in [6.45, 7) is 0. The Balaban J connectivity index is 2.47. The standard InChI is InChI=1S/C14H12F3NO3S/c1-21-12-8-4-5-9-13(12)22(19,20)18-11-7-3-2-6-10(11)14(15,16)17/h2-9,18H,1H3. The maximum absolute atomic E-state index is 12.9. The molecule has 0 spiro atoms. The number of methoxy groups -OCH3 is 1. The van der Waals surface area contributed by atoms with Crippen LogP contribution in [0.1, 0.15) is 5.56 Å². The maximum atomic E-state index is 12.9. The van der Waals surface area contributed by atoms with Crippen molar-refractivity contribution in [2.75, 3.05) is 11.8 Å². The molecule has 2 aromatic carbocycles.